The summed E-state index contributed by atoms with van der Waals surface area (Å²) in [5, 5.41) is 0. The molecule has 0 radical (unpaired) electrons. The van der Waals surface area contributed by atoms with Crippen LogP contribution >= 0.6 is 0 Å². The first-order chi connectivity index (χ1) is 70.9. The zero-order valence-corrected chi connectivity index (χ0v) is 88.1. The van der Waals surface area contributed by atoms with Crippen molar-refractivity contribution in [1.29, 1.82) is 0 Å². The molecule has 21 heteroatoms. The van der Waals surface area contributed by atoms with Crippen LogP contribution in [-0.2, 0) is 6.11 Å². The van der Waals surface area contributed by atoms with E-state index in [1.807, 2.05) is 50.2 Å². The molecule has 0 N–H and O–H groups in total. The standard InChI is InChI=1S/C26H38F2.C21H14F6O.C21H28F4O.C20H15F3.C20H28F2.C20H22F2.CH4/c1-17-3-5-19(6-4-17)20-7-9-21(10-8-20)22-11-13-23(14-12-22)24-15-25(27)18(2)26(28)16-24;1-11-3-5-13(6-4-11)14-7-18(24)20(19(25)8-14)21(26,27)28-15-9-16(22)12(2)17(23)10-15;1-13-3-5-15(6-4-13)16-7-9-17(10-8-16)21(24,25)26-18-11-19(22)14(2)20(23)12-18;1-12-3-5-14(6-4-12)15-7-8-17(20(23)9-15)16-10-18(21)13(2)19(22)11-16;2*1-13-3-5-15(6-4-13)16-7-9-17(10-8-16)18-11-19(21)14(2)20(22)12-18;/h15-17,19-23H,3-14H2,1-2H3;3-10H,1-2H3;11-13,15-17H,3-10H2,1-2H3;3-11H,1-2H3;11-13,15-17H,3-10H2,1-2H3;7-13,15H,3-6H2,1-2H3;1H4. The molecule has 8 aliphatic carbocycles. The van der Waals surface area contributed by atoms with Crippen molar-refractivity contribution < 1.29 is 92.9 Å². The van der Waals surface area contributed by atoms with Crippen LogP contribution in [0.1, 0.15) is 325 Å². The molecule has 8 saturated carbocycles. The summed E-state index contributed by atoms with van der Waals surface area (Å²) in [5.41, 5.74) is 7.17. The Kier molecular flexibility index (Phi) is 40.9. The highest BCUT2D eigenvalue weighted by Crippen LogP contribution is 2.52. The lowest BCUT2D eigenvalue weighted by atomic mass is 9.65. The summed E-state index contributed by atoms with van der Waals surface area (Å²) in [5.74, 6) is -2.14. The second-order valence-corrected chi connectivity index (χ2v) is 45.0. The third kappa shape index (κ3) is 30.4. The van der Waals surface area contributed by atoms with Crippen LogP contribution in [0.3, 0.4) is 0 Å². The molecule has 810 valence electrons. The summed E-state index contributed by atoms with van der Waals surface area (Å²) in [6.45, 7) is 21.4. The number of hydrogen-bond acceptors (Lipinski definition) is 2. The molecule has 11 aromatic rings. The lowest BCUT2D eigenvalue weighted by Crippen LogP contribution is -2.38. The van der Waals surface area contributed by atoms with Gasteiger partial charge in [0.2, 0.25) is 0 Å². The zero-order chi connectivity index (χ0) is 107. The Morgan fingerprint density at radius 1 is 0.207 bits per heavy atom. The van der Waals surface area contributed by atoms with Gasteiger partial charge in [0, 0.05) is 63.2 Å². The Balaban J connectivity index is 0.000000150. The monoisotopic (exact) mass is 2090 g/mol. The van der Waals surface area contributed by atoms with Crippen molar-refractivity contribution in [2.75, 3.05) is 0 Å². The van der Waals surface area contributed by atoms with Gasteiger partial charge < -0.3 is 9.47 Å². The van der Waals surface area contributed by atoms with E-state index in [9.17, 15) is 83.4 Å². The van der Waals surface area contributed by atoms with Gasteiger partial charge in [-0.05, 0) is 421 Å². The van der Waals surface area contributed by atoms with Gasteiger partial charge in [0.25, 0.3) is 0 Å². The molecule has 0 saturated heterocycles. The van der Waals surface area contributed by atoms with Crippen LogP contribution in [0.25, 0.3) is 44.5 Å². The maximum Gasteiger partial charge on any atom is 0.432 e. The average molecular weight is 2090 g/mol. The minimum Gasteiger partial charge on any atom is -0.432 e. The third-order valence-corrected chi connectivity index (χ3v) is 34.7. The molecule has 8 aliphatic rings. The lowest BCUT2D eigenvalue weighted by molar-refractivity contribution is -0.224. The second kappa shape index (κ2) is 52.5. The molecule has 2 nitrogen and oxygen atoms in total. The van der Waals surface area contributed by atoms with Crippen molar-refractivity contribution in [2.45, 2.75) is 326 Å². The average Bonchev–Trinajstić information content (AvgIpc) is 0.774. The number of ether oxygens (including phenoxy) is 2. The molecule has 0 bridgehead atoms. The number of halogens is 19. The molecular formula is C129H149F19O2. The van der Waals surface area contributed by atoms with E-state index < -0.39 is 116 Å². The number of alkyl halides is 4. The zero-order valence-electron chi connectivity index (χ0n) is 88.1. The summed E-state index contributed by atoms with van der Waals surface area (Å²) in [4.78, 5) is 0. The van der Waals surface area contributed by atoms with E-state index >= 15 is 0 Å². The molecule has 0 amide bonds. The minimum absolute atomic E-state index is 0. The van der Waals surface area contributed by atoms with Crippen LogP contribution in [0.5, 0.6) is 11.5 Å². The number of rotatable bonds is 17. The largest absolute Gasteiger partial charge is 0.432 e. The fourth-order valence-electron chi connectivity index (χ4n) is 24.3. The molecule has 0 aromatic heterocycles. The molecule has 0 unspecified atom stereocenters. The van der Waals surface area contributed by atoms with Gasteiger partial charge in [0.15, 0.2) is 0 Å². The van der Waals surface area contributed by atoms with Crippen molar-refractivity contribution >= 4 is 0 Å². The van der Waals surface area contributed by atoms with Crippen molar-refractivity contribution in [3.05, 3.63) is 330 Å². The quantitative estimate of drug-likeness (QED) is 0.0846. The minimum atomic E-state index is -4.49. The highest BCUT2D eigenvalue weighted by Gasteiger charge is 2.47. The van der Waals surface area contributed by atoms with E-state index in [0.29, 0.717) is 65.7 Å². The van der Waals surface area contributed by atoms with Gasteiger partial charge in [-0.15, -0.1) is 0 Å². The maximum absolute atomic E-state index is 14.5. The second-order valence-electron chi connectivity index (χ2n) is 45.0. The van der Waals surface area contributed by atoms with Crippen LogP contribution in [0, 0.1) is 220 Å². The Bertz CT molecular complexity index is 6090. The van der Waals surface area contributed by atoms with Crippen LogP contribution in [-0.4, -0.2) is 6.11 Å². The van der Waals surface area contributed by atoms with Gasteiger partial charge in [-0.2, -0.15) is 17.6 Å². The van der Waals surface area contributed by atoms with Gasteiger partial charge in [0.05, 0.1) is 5.92 Å². The fourth-order valence-corrected chi connectivity index (χ4v) is 24.3. The molecule has 0 aliphatic heterocycles. The normalized spacial score (nSPS) is 24.0. The Morgan fingerprint density at radius 2 is 0.427 bits per heavy atom. The highest BCUT2D eigenvalue weighted by atomic mass is 19.3. The van der Waals surface area contributed by atoms with Crippen LogP contribution < -0.4 is 9.47 Å². The number of aryl methyl sites for hydroxylation is 2. The summed E-state index contributed by atoms with van der Waals surface area (Å²) in [6.07, 6.45) is 31.1. The van der Waals surface area contributed by atoms with E-state index in [4.69, 9.17) is 4.74 Å². The summed E-state index contributed by atoms with van der Waals surface area (Å²) < 4.78 is 274. The molecule has 0 spiro atoms. The van der Waals surface area contributed by atoms with Crippen molar-refractivity contribution in [1.82, 2.24) is 0 Å². The van der Waals surface area contributed by atoms with Gasteiger partial charge in [-0.25, -0.2) is 65.9 Å². The Morgan fingerprint density at radius 3 is 0.740 bits per heavy atom. The predicted octanol–water partition coefficient (Wildman–Crippen LogP) is 41.0. The predicted molar refractivity (Wildman–Crippen MR) is 565 cm³/mol. The molecular weight excluding hydrogens is 1940 g/mol. The van der Waals surface area contributed by atoms with Crippen molar-refractivity contribution in [2.24, 2.45) is 76.9 Å². The fraction of sp³-hybridized carbons (Fsp3) is 0.488. The maximum atomic E-state index is 14.5. The van der Waals surface area contributed by atoms with Gasteiger partial charge in [0.1, 0.15) is 104 Å². The number of hydrogen-bond donors (Lipinski definition) is 0. The first-order valence-corrected chi connectivity index (χ1v) is 54.3. The first-order valence-electron chi connectivity index (χ1n) is 54.3. The van der Waals surface area contributed by atoms with Gasteiger partial charge in [-0.3, -0.25) is 0 Å². The molecule has 8 fully saturated rings. The lowest BCUT2D eigenvalue weighted by Gasteiger charge is -2.41. The summed E-state index contributed by atoms with van der Waals surface area (Å²) >= 11 is 0. The van der Waals surface area contributed by atoms with E-state index in [0.717, 1.165) is 180 Å². The molecule has 0 heterocycles. The molecule has 11 aromatic carbocycles. The topological polar surface area (TPSA) is 18.5 Å². The van der Waals surface area contributed by atoms with Crippen molar-refractivity contribution in [3.8, 4) is 56.0 Å². The highest BCUT2D eigenvalue weighted by molar-refractivity contribution is 5.72. The van der Waals surface area contributed by atoms with Crippen LogP contribution in [0.2, 0.25) is 0 Å². The van der Waals surface area contributed by atoms with E-state index in [1.54, 1.807) is 60.7 Å². The molecule has 0 atom stereocenters. The smallest absolute Gasteiger partial charge is 0.432 e. The number of benzene rings is 11. The summed E-state index contributed by atoms with van der Waals surface area (Å²) in [7, 11) is 0. The van der Waals surface area contributed by atoms with Crippen LogP contribution in [0.4, 0.5) is 83.4 Å². The molecule has 150 heavy (non-hydrogen) atoms. The van der Waals surface area contributed by atoms with Crippen LogP contribution in [0.15, 0.2) is 176 Å². The van der Waals surface area contributed by atoms with E-state index in [2.05, 4.69) is 44.6 Å². The van der Waals surface area contributed by atoms with Gasteiger partial charge in [-0.1, -0.05) is 183 Å². The third-order valence-electron chi connectivity index (χ3n) is 34.7. The van der Waals surface area contributed by atoms with E-state index in [-0.39, 0.29) is 63.6 Å². The SMILES string of the molecule is C.Cc1c(F)cc(-c2ccc(C3CCC(C)CC3)cc2)cc1F.Cc1c(F)cc(C2CCC(C3CCC(C)CC3)CC2)cc1F.Cc1c(F)cc(C2CCC(C3CCC(C4CCC(C)CC4)CC3)CC2)cc1F.Cc1c(F)cc(OC(F)(F)C2CCC(C3CCC(C)CC3)CC2)cc1F.Cc1ccc(-c2cc(F)c(C(F)(F)Oc3cc(F)c(C)c(F)c3)c(F)c2)cc1.Cc1ccc(-c2ccc(-c3cc(F)c(C)c(F)c3)c(F)c2)cc1. The van der Waals surface area contributed by atoms with Crippen molar-refractivity contribution in [3.63, 3.8) is 0 Å². The van der Waals surface area contributed by atoms with E-state index in [1.165, 1.54) is 212 Å². The molecule has 19 rings (SSSR count). The Hall–Kier alpha value is -10.3. The van der Waals surface area contributed by atoms with Gasteiger partial charge >= 0.3 is 12.2 Å². The summed E-state index contributed by atoms with van der Waals surface area (Å²) in [6, 6.07) is 42.8. The first kappa shape index (κ1) is 117. The Labute approximate surface area is 876 Å².